The molecule has 1 aromatic heterocycles. The number of halogens is 2. The first-order valence-electron chi connectivity index (χ1n) is 9.92. The van der Waals surface area contributed by atoms with Crippen LogP contribution in [0.2, 0.25) is 5.02 Å². The number of fused-ring (bicyclic) bond motifs is 1. The number of aromatic nitrogens is 1. The molecule has 3 N–H and O–H groups in total. The summed E-state index contributed by atoms with van der Waals surface area (Å²) in [6, 6.07) is 15.2. The molecule has 3 aromatic rings. The highest BCUT2D eigenvalue weighted by molar-refractivity contribution is 6.31. The van der Waals surface area contributed by atoms with E-state index < -0.39 is 0 Å². The molecule has 28 heavy (non-hydrogen) atoms. The first-order chi connectivity index (χ1) is 13.6. The largest absolute Gasteiger partial charge is 0.385 e. The lowest BCUT2D eigenvalue weighted by atomic mass is 10.1. The Kier molecular flexibility index (Phi) is 5.97. The van der Waals surface area contributed by atoms with Gasteiger partial charge in [-0.15, -0.1) is 0 Å². The molecule has 1 fully saturated rings. The van der Waals surface area contributed by atoms with Gasteiger partial charge < -0.3 is 19.5 Å². The fourth-order valence-electron chi connectivity index (χ4n) is 4.21. The number of aliphatic hydroxyl groups excluding tert-OH is 1. The number of nitrogens with one attached hydrogen (secondary N) is 2. The van der Waals surface area contributed by atoms with E-state index in [0.29, 0.717) is 23.7 Å². The molecule has 2 heterocycles. The third-order valence-electron chi connectivity index (χ3n) is 5.76. The predicted molar refractivity (Wildman–Crippen MR) is 109 cm³/mol. The Bertz CT molecular complexity index is 916. The van der Waals surface area contributed by atoms with Crippen molar-refractivity contribution < 1.29 is 19.3 Å². The summed E-state index contributed by atoms with van der Waals surface area (Å²) in [5.74, 6) is -0.218. The van der Waals surface area contributed by atoms with Crippen molar-refractivity contribution >= 4 is 22.5 Å². The van der Waals surface area contributed by atoms with Crippen LogP contribution in [-0.2, 0) is 13.1 Å². The maximum atomic E-state index is 14.0. The van der Waals surface area contributed by atoms with Crippen LogP contribution in [0.5, 0.6) is 0 Å². The van der Waals surface area contributed by atoms with Crippen LogP contribution in [0.3, 0.4) is 0 Å². The van der Waals surface area contributed by atoms with Crippen LogP contribution in [0, 0.1) is 5.82 Å². The van der Waals surface area contributed by atoms with Crippen molar-refractivity contribution in [1.29, 1.82) is 0 Å². The van der Waals surface area contributed by atoms with Crippen LogP contribution in [0.25, 0.3) is 10.9 Å². The molecule has 1 saturated heterocycles. The summed E-state index contributed by atoms with van der Waals surface area (Å²) in [6.07, 6.45) is 1.66. The maximum Gasteiger partial charge on any atom is 0.133 e. The lowest BCUT2D eigenvalue weighted by molar-refractivity contribution is -1.02. The van der Waals surface area contributed by atoms with Gasteiger partial charge in [-0.2, -0.15) is 0 Å². The zero-order valence-corrected chi connectivity index (χ0v) is 16.6. The average Bonchev–Trinajstić information content (AvgIpc) is 3.09. The zero-order valence-electron chi connectivity index (χ0n) is 15.9. The number of benzene rings is 2. The van der Waals surface area contributed by atoms with Crippen molar-refractivity contribution in [3.05, 3.63) is 71.1 Å². The van der Waals surface area contributed by atoms with E-state index in [1.807, 2.05) is 18.3 Å². The van der Waals surface area contributed by atoms with Crippen molar-refractivity contribution in [2.45, 2.75) is 19.2 Å². The van der Waals surface area contributed by atoms with Gasteiger partial charge in [-0.25, -0.2) is 4.39 Å². The molecule has 2 aromatic carbocycles. The van der Waals surface area contributed by atoms with Crippen molar-refractivity contribution in [3.8, 4) is 0 Å². The van der Waals surface area contributed by atoms with Gasteiger partial charge in [0.2, 0.25) is 0 Å². The number of rotatable bonds is 6. The number of para-hydroxylation sites is 1. The molecule has 1 aliphatic heterocycles. The molecule has 1 atom stereocenters. The molecular formula is C22H27ClFN3O+2. The minimum absolute atomic E-state index is 0.218. The van der Waals surface area contributed by atoms with Gasteiger partial charge in [0.25, 0.3) is 0 Å². The molecular weight excluding hydrogens is 377 g/mol. The Morgan fingerprint density at radius 2 is 1.75 bits per heavy atom. The van der Waals surface area contributed by atoms with Crippen LogP contribution in [0.4, 0.5) is 4.39 Å². The molecule has 1 aliphatic rings. The van der Waals surface area contributed by atoms with E-state index in [4.69, 9.17) is 11.6 Å². The fourth-order valence-corrected chi connectivity index (χ4v) is 4.44. The van der Waals surface area contributed by atoms with Crippen molar-refractivity contribution in [3.63, 3.8) is 0 Å². The summed E-state index contributed by atoms with van der Waals surface area (Å²) in [5, 5.41) is 12.3. The van der Waals surface area contributed by atoms with Gasteiger partial charge in [0, 0.05) is 11.7 Å². The maximum absolute atomic E-state index is 14.0. The van der Waals surface area contributed by atoms with E-state index in [1.54, 1.807) is 12.1 Å². The van der Waals surface area contributed by atoms with Gasteiger partial charge >= 0.3 is 0 Å². The summed E-state index contributed by atoms with van der Waals surface area (Å²) in [7, 11) is 0. The number of hydrogen-bond donors (Lipinski definition) is 3. The smallest absolute Gasteiger partial charge is 0.133 e. The van der Waals surface area contributed by atoms with Gasteiger partial charge in [-0.3, -0.25) is 0 Å². The summed E-state index contributed by atoms with van der Waals surface area (Å²) < 4.78 is 16.1. The van der Waals surface area contributed by atoms with Crippen LogP contribution < -0.4 is 9.80 Å². The second kappa shape index (κ2) is 8.62. The highest BCUT2D eigenvalue weighted by atomic mass is 35.5. The quantitative estimate of drug-likeness (QED) is 0.558. The molecule has 4 rings (SSSR count). The number of hydrogen-bond acceptors (Lipinski definition) is 1. The van der Waals surface area contributed by atoms with E-state index in [-0.39, 0.29) is 11.9 Å². The molecule has 0 unspecified atom stereocenters. The second-order valence-electron chi connectivity index (χ2n) is 7.76. The first-order valence-corrected chi connectivity index (χ1v) is 10.3. The molecule has 0 bridgehead atoms. The van der Waals surface area contributed by atoms with Crippen molar-refractivity contribution in [2.75, 3.05) is 32.7 Å². The van der Waals surface area contributed by atoms with E-state index in [1.165, 1.54) is 21.3 Å². The predicted octanol–water partition coefficient (Wildman–Crippen LogP) is 0.778. The first kappa shape index (κ1) is 19.4. The number of aliphatic hydroxyl groups is 1. The third-order valence-corrected chi connectivity index (χ3v) is 6.12. The summed E-state index contributed by atoms with van der Waals surface area (Å²) >= 11 is 6.16. The molecule has 0 amide bonds. The molecule has 4 nitrogen and oxygen atoms in total. The second-order valence-corrected chi connectivity index (χ2v) is 8.17. The van der Waals surface area contributed by atoms with Gasteiger partial charge in [0.15, 0.2) is 0 Å². The standard InChI is InChI=1S/C22H25ClFN3O/c23-20-5-3-6-21(24)19(20)16-26-12-10-25(11-13-26)14-18(28)15-27-9-8-17-4-1-2-7-22(17)27/h1-9,18,28H,10-16H2/p+2/t18-/m1/s1. The molecule has 0 spiro atoms. The SMILES string of the molecule is O[C@@H](Cn1ccc2ccccc21)C[NH+]1CC[NH+](Cc2c(F)cccc2Cl)CC1. The van der Waals surface area contributed by atoms with Crippen LogP contribution in [-0.4, -0.2) is 48.5 Å². The topological polar surface area (TPSA) is 34.0 Å². The highest BCUT2D eigenvalue weighted by Gasteiger charge is 2.26. The van der Waals surface area contributed by atoms with Crippen LogP contribution >= 0.6 is 11.6 Å². The van der Waals surface area contributed by atoms with Gasteiger partial charge in [-0.05, 0) is 29.7 Å². The zero-order chi connectivity index (χ0) is 19.5. The average molecular weight is 404 g/mol. The molecule has 0 aliphatic carbocycles. The van der Waals surface area contributed by atoms with Crippen molar-refractivity contribution in [1.82, 2.24) is 4.57 Å². The van der Waals surface area contributed by atoms with Gasteiger partial charge in [0.05, 0.1) is 17.1 Å². The van der Waals surface area contributed by atoms with Crippen LogP contribution in [0.1, 0.15) is 5.56 Å². The van der Waals surface area contributed by atoms with E-state index >= 15 is 0 Å². The molecule has 148 valence electrons. The summed E-state index contributed by atoms with van der Waals surface area (Å²) in [5.41, 5.74) is 1.77. The summed E-state index contributed by atoms with van der Waals surface area (Å²) in [4.78, 5) is 2.76. The highest BCUT2D eigenvalue weighted by Crippen LogP contribution is 2.17. The lowest BCUT2D eigenvalue weighted by Gasteiger charge is -2.31. The Morgan fingerprint density at radius 1 is 1.00 bits per heavy atom. The number of nitrogens with zero attached hydrogens (tertiary/aromatic N) is 1. The normalized spacial score (nSPS) is 21.1. The number of piperazine rings is 1. The Morgan fingerprint density at radius 3 is 2.54 bits per heavy atom. The van der Waals surface area contributed by atoms with Crippen LogP contribution in [0.15, 0.2) is 54.7 Å². The third kappa shape index (κ3) is 4.39. The Labute approximate surface area is 169 Å². The van der Waals surface area contributed by atoms with Crippen molar-refractivity contribution in [2.24, 2.45) is 0 Å². The molecule has 0 saturated carbocycles. The summed E-state index contributed by atoms with van der Waals surface area (Å²) in [6.45, 7) is 5.84. The molecule has 0 radical (unpaired) electrons. The van der Waals surface area contributed by atoms with E-state index in [2.05, 4.69) is 22.8 Å². The lowest BCUT2D eigenvalue weighted by Crippen LogP contribution is -3.28. The van der Waals surface area contributed by atoms with Gasteiger partial charge in [0.1, 0.15) is 51.2 Å². The van der Waals surface area contributed by atoms with E-state index in [9.17, 15) is 9.50 Å². The monoisotopic (exact) mass is 403 g/mol. The minimum atomic E-state index is -0.381. The van der Waals surface area contributed by atoms with E-state index in [0.717, 1.165) is 38.2 Å². The minimum Gasteiger partial charge on any atom is -0.385 e. The Balaban J connectivity index is 1.28. The Hall–Kier alpha value is -1.92. The van der Waals surface area contributed by atoms with Gasteiger partial charge in [-0.1, -0.05) is 35.9 Å². The number of quaternary nitrogens is 2. The molecule has 6 heteroatoms. The fraction of sp³-hybridized carbons (Fsp3) is 0.364.